The van der Waals surface area contributed by atoms with Gasteiger partial charge in [0.2, 0.25) is 0 Å². The molecule has 0 saturated heterocycles. The van der Waals surface area contributed by atoms with E-state index < -0.39 is 11.8 Å². The SMILES string of the molecule is Cc1cc(C)nc(SCc2ccc(C(=O)NNC(=O)c3ccc(OCc4cccnc4)cc3)cc2)n1. The number of benzene rings is 2. The monoisotopic (exact) mass is 499 g/mol. The Hall–Kier alpha value is -4.24. The molecule has 0 spiro atoms. The van der Waals surface area contributed by atoms with Crippen molar-refractivity contribution in [3.05, 3.63) is 113 Å². The Morgan fingerprint density at radius 2 is 1.44 bits per heavy atom. The van der Waals surface area contributed by atoms with Crippen molar-refractivity contribution in [3.8, 4) is 5.75 Å². The number of aromatic nitrogens is 3. The largest absolute Gasteiger partial charge is 0.489 e. The number of hydrogen-bond donors (Lipinski definition) is 2. The summed E-state index contributed by atoms with van der Waals surface area (Å²) in [5, 5.41) is 0.727. The van der Waals surface area contributed by atoms with Crippen LogP contribution in [0.4, 0.5) is 0 Å². The second kappa shape index (κ2) is 11.9. The molecule has 0 bridgehead atoms. The Morgan fingerprint density at radius 1 is 0.833 bits per heavy atom. The van der Waals surface area contributed by atoms with Gasteiger partial charge in [0.1, 0.15) is 12.4 Å². The first kappa shape index (κ1) is 24.9. The Balaban J connectivity index is 1.24. The topological polar surface area (TPSA) is 106 Å². The lowest BCUT2D eigenvalue weighted by molar-refractivity contribution is 0.0846. The van der Waals surface area contributed by atoms with E-state index in [0.717, 1.165) is 27.7 Å². The van der Waals surface area contributed by atoms with Gasteiger partial charge in [-0.05, 0) is 67.9 Å². The van der Waals surface area contributed by atoms with Gasteiger partial charge in [0.15, 0.2) is 5.16 Å². The number of ether oxygens (including phenoxy) is 1. The molecule has 2 heterocycles. The second-order valence-electron chi connectivity index (χ2n) is 8.00. The van der Waals surface area contributed by atoms with Gasteiger partial charge >= 0.3 is 0 Å². The standard InChI is InChI=1S/C27H25N5O3S/c1-18-14-19(2)30-27(29-18)36-17-20-5-7-22(8-6-20)25(33)31-32-26(34)23-9-11-24(12-10-23)35-16-21-4-3-13-28-15-21/h3-15H,16-17H2,1-2H3,(H,31,33)(H,32,34). The molecular weight excluding hydrogens is 474 g/mol. The molecule has 0 radical (unpaired) electrons. The van der Waals surface area contributed by atoms with Crippen LogP contribution in [-0.4, -0.2) is 26.8 Å². The fraction of sp³-hybridized carbons (Fsp3) is 0.148. The van der Waals surface area contributed by atoms with Crippen LogP contribution in [-0.2, 0) is 12.4 Å². The summed E-state index contributed by atoms with van der Waals surface area (Å²) in [6.07, 6.45) is 3.44. The summed E-state index contributed by atoms with van der Waals surface area (Å²) in [6.45, 7) is 4.27. The maximum absolute atomic E-state index is 12.4. The lowest BCUT2D eigenvalue weighted by Gasteiger charge is -2.09. The Kier molecular flexibility index (Phi) is 8.25. The molecule has 2 aromatic carbocycles. The van der Waals surface area contributed by atoms with E-state index in [-0.39, 0.29) is 0 Å². The molecule has 2 aromatic heterocycles. The molecule has 4 aromatic rings. The number of aryl methyl sites for hydroxylation is 2. The Labute approximate surface area is 213 Å². The number of pyridine rings is 1. The van der Waals surface area contributed by atoms with E-state index in [1.807, 2.05) is 44.2 Å². The van der Waals surface area contributed by atoms with Gasteiger partial charge in [-0.15, -0.1) is 0 Å². The number of hydrazine groups is 1. The number of carbonyl (C=O) groups is 2. The van der Waals surface area contributed by atoms with E-state index in [1.165, 1.54) is 11.8 Å². The fourth-order valence-corrected chi connectivity index (χ4v) is 4.17. The number of amides is 2. The van der Waals surface area contributed by atoms with Gasteiger partial charge in [-0.3, -0.25) is 25.4 Å². The minimum Gasteiger partial charge on any atom is -0.489 e. The zero-order chi connectivity index (χ0) is 25.3. The maximum atomic E-state index is 12.4. The molecule has 0 aliphatic rings. The summed E-state index contributed by atoms with van der Waals surface area (Å²) >= 11 is 1.54. The van der Waals surface area contributed by atoms with Crippen LogP contribution in [0.3, 0.4) is 0 Å². The molecule has 0 saturated carbocycles. The zero-order valence-corrected chi connectivity index (χ0v) is 20.7. The van der Waals surface area contributed by atoms with Crippen molar-refractivity contribution < 1.29 is 14.3 Å². The van der Waals surface area contributed by atoms with Crippen LogP contribution in [0.15, 0.2) is 84.3 Å². The van der Waals surface area contributed by atoms with E-state index in [9.17, 15) is 9.59 Å². The van der Waals surface area contributed by atoms with Crippen LogP contribution >= 0.6 is 11.8 Å². The fourth-order valence-electron chi connectivity index (χ4n) is 3.27. The molecule has 0 fully saturated rings. The van der Waals surface area contributed by atoms with E-state index in [0.29, 0.717) is 29.2 Å². The molecule has 0 aliphatic heterocycles. The maximum Gasteiger partial charge on any atom is 0.269 e. The van der Waals surface area contributed by atoms with E-state index in [4.69, 9.17) is 4.74 Å². The average molecular weight is 500 g/mol. The summed E-state index contributed by atoms with van der Waals surface area (Å²) in [7, 11) is 0. The molecule has 36 heavy (non-hydrogen) atoms. The summed E-state index contributed by atoms with van der Waals surface area (Å²) in [5.41, 5.74) is 9.57. The molecule has 9 heteroatoms. The van der Waals surface area contributed by atoms with Crippen LogP contribution in [0.1, 0.15) is 43.2 Å². The van der Waals surface area contributed by atoms with E-state index >= 15 is 0 Å². The highest BCUT2D eigenvalue weighted by atomic mass is 32.2. The Morgan fingerprint density at radius 3 is 2.03 bits per heavy atom. The van der Waals surface area contributed by atoms with Crippen molar-refractivity contribution in [1.29, 1.82) is 0 Å². The van der Waals surface area contributed by atoms with Crippen LogP contribution in [0.5, 0.6) is 5.75 Å². The first-order valence-corrected chi connectivity index (χ1v) is 12.2. The third-order valence-electron chi connectivity index (χ3n) is 5.08. The normalized spacial score (nSPS) is 10.5. The first-order chi connectivity index (χ1) is 17.5. The van der Waals surface area contributed by atoms with Crippen molar-refractivity contribution in [2.75, 3.05) is 0 Å². The van der Waals surface area contributed by atoms with Gasteiger partial charge in [0, 0.05) is 46.2 Å². The van der Waals surface area contributed by atoms with Gasteiger partial charge in [-0.1, -0.05) is 30.0 Å². The molecule has 0 aliphatic carbocycles. The molecule has 4 rings (SSSR count). The van der Waals surface area contributed by atoms with Gasteiger partial charge in [-0.2, -0.15) is 0 Å². The van der Waals surface area contributed by atoms with Gasteiger partial charge in [0.25, 0.3) is 11.8 Å². The van der Waals surface area contributed by atoms with Crippen LogP contribution in [0.25, 0.3) is 0 Å². The zero-order valence-electron chi connectivity index (χ0n) is 19.9. The third-order valence-corrected chi connectivity index (χ3v) is 6.00. The highest BCUT2D eigenvalue weighted by Gasteiger charge is 2.10. The van der Waals surface area contributed by atoms with Crippen molar-refractivity contribution in [3.63, 3.8) is 0 Å². The number of rotatable bonds is 8. The molecular formula is C27H25N5O3S. The highest BCUT2D eigenvalue weighted by molar-refractivity contribution is 7.98. The molecule has 0 unspecified atom stereocenters. The van der Waals surface area contributed by atoms with Crippen molar-refractivity contribution in [1.82, 2.24) is 25.8 Å². The average Bonchev–Trinajstić information content (AvgIpc) is 2.90. The molecule has 8 nitrogen and oxygen atoms in total. The second-order valence-corrected chi connectivity index (χ2v) is 8.94. The molecule has 2 amide bonds. The van der Waals surface area contributed by atoms with E-state index in [2.05, 4.69) is 25.8 Å². The van der Waals surface area contributed by atoms with Crippen molar-refractivity contribution >= 4 is 23.6 Å². The smallest absolute Gasteiger partial charge is 0.269 e. The molecule has 182 valence electrons. The van der Waals surface area contributed by atoms with Gasteiger partial charge < -0.3 is 4.74 Å². The third kappa shape index (κ3) is 7.13. The number of hydrogen-bond acceptors (Lipinski definition) is 7. The number of carbonyl (C=O) groups excluding carboxylic acids is 2. The van der Waals surface area contributed by atoms with Crippen LogP contribution in [0, 0.1) is 13.8 Å². The van der Waals surface area contributed by atoms with Gasteiger partial charge in [0.05, 0.1) is 0 Å². The Bertz CT molecular complexity index is 1310. The van der Waals surface area contributed by atoms with Crippen molar-refractivity contribution in [2.24, 2.45) is 0 Å². The summed E-state index contributed by atoms with van der Waals surface area (Å²) < 4.78 is 5.70. The minimum absolute atomic E-state index is 0.381. The van der Waals surface area contributed by atoms with Crippen LogP contribution < -0.4 is 15.6 Å². The molecule has 0 atom stereocenters. The molecule has 2 N–H and O–H groups in total. The highest BCUT2D eigenvalue weighted by Crippen LogP contribution is 2.20. The number of nitrogens with one attached hydrogen (secondary N) is 2. The summed E-state index contributed by atoms with van der Waals surface area (Å²) in [4.78, 5) is 37.7. The lowest BCUT2D eigenvalue weighted by Crippen LogP contribution is -2.41. The minimum atomic E-state index is -0.427. The van der Waals surface area contributed by atoms with Gasteiger partial charge in [-0.25, -0.2) is 9.97 Å². The number of nitrogens with zero attached hydrogens (tertiary/aromatic N) is 3. The van der Waals surface area contributed by atoms with Crippen LogP contribution in [0.2, 0.25) is 0 Å². The quantitative estimate of drug-likeness (QED) is 0.210. The lowest BCUT2D eigenvalue weighted by atomic mass is 10.1. The number of thioether (sulfide) groups is 1. The summed E-state index contributed by atoms with van der Waals surface area (Å²) in [6, 6.07) is 19.5. The predicted octanol–water partition coefficient (Wildman–Crippen LogP) is 4.43. The van der Waals surface area contributed by atoms with Crippen molar-refractivity contribution in [2.45, 2.75) is 31.4 Å². The predicted molar refractivity (Wildman–Crippen MR) is 137 cm³/mol. The van der Waals surface area contributed by atoms with E-state index in [1.54, 1.807) is 48.8 Å². The summed E-state index contributed by atoms with van der Waals surface area (Å²) in [5.74, 6) is 0.478. The first-order valence-electron chi connectivity index (χ1n) is 11.2.